The predicted molar refractivity (Wildman–Crippen MR) is 146 cm³/mol. The molecule has 1 fully saturated rings. The van der Waals surface area contributed by atoms with Crippen LogP contribution in [0, 0.1) is 23.4 Å². The summed E-state index contributed by atoms with van der Waals surface area (Å²) in [5.74, 6) is -1.30. The van der Waals surface area contributed by atoms with Crippen LogP contribution in [0.4, 0.5) is 13.2 Å². The summed E-state index contributed by atoms with van der Waals surface area (Å²) in [5.41, 5.74) is 3.98. The molecule has 3 aromatic rings. The molecule has 0 N–H and O–H groups in total. The zero-order valence-electron chi connectivity index (χ0n) is 22.2. The number of halogens is 3. The SMILES string of the molecule is CCCCCc1ccc(C2CCC(COc3ccc(-c4ccc(CCC)cc4)c(F)c3F)CC2)cc1F. The van der Waals surface area contributed by atoms with Crippen molar-refractivity contribution in [1.29, 1.82) is 0 Å². The van der Waals surface area contributed by atoms with Gasteiger partial charge in [0, 0.05) is 5.56 Å². The number of ether oxygens (including phenoxy) is 1. The molecular weight excluding hydrogens is 469 g/mol. The molecule has 0 saturated heterocycles. The lowest BCUT2D eigenvalue weighted by atomic mass is 9.79. The summed E-state index contributed by atoms with van der Waals surface area (Å²) in [7, 11) is 0. The minimum absolute atomic E-state index is 0.0355. The first-order valence-electron chi connectivity index (χ1n) is 14.0. The van der Waals surface area contributed by atoms with E-state index in [-0.39, 0.29) is 23.0 Å². The van der Waals surface area contributed by atoms with Crippen molar-refractivity contribution in [2.45, 2.75) is 84.0 Å². The molecule has 1 aliphatic rings. The Bertz CT molecular complexity index is 1150. The van der Waals surface area contributed by atoms with Crippen LogP contribution in [0.1, 0.15) is 87.8 Å². The fourth-order valence-corrected chi connectivity index (χ4v) is 5.46. The van der Waals surface area contributed by atoms with Crippen molar-refractivity contribution in [2.24, 2.45) is 5.92 Å². The van der Waals surface area contributed by atoms with E-state index < -0.39 is 11.6 Å². The van der Waals surface area contributed by atoms with Crippen molar-refractivity contribution in [3.63, 3.8) is 0 Å². The van der Waals surface area contributed by atoms with Gasteiger partial charge in [-0.25, -0.2) is 8.78 Å². The van der Waals surface area contributed by atoms with E-state index in [2.05, 4.69) is 19.9 Å². The molecule has 0 bridgehead atoms. The van der Waals surface area contributed by atoms with Gasteiger partial charge in [-0.1, -0.05) is 69.5 Å². The summed E-state index contributed by atoms with van der Waals surface area (Å²) >= 11 is 0. The smallest absolute Gasteiger partial charge is 0.201 e. The normalized spacial score (nSPS) is 17.6. The molecule has 0 aromatic heterocycles. The average Bonchev–Trinajstić information content (AvgIpc) is 2.92. The summed E-state index contributed by atoms with van der Waals surface area (Å²) in [5, 5.41) is 0. The van der Waals surface area contributed by atoms with E-state index >= 15 is 0 Å². The number of hydrogen-bond acceptors (Lipinski definition) is 1. The molecule has 0 amide bonds. The Morgan fingerprint density at radius 3 is 2.19 bits per heavy atom. The zero-order chi connectivity index (χ0) is 26.2. The maximum Gasteiger partial charge on any atom is 0.201 e. The minimum atomic E-state index is -0.932. The van der Waals surface area contributed by atoms with Crippen LogP contribution in [0.2, 0.25) is 0 Å². The van der Waals surface area contributed by atoms with E-state index in [1.54, 1.807) is 12.1 Å². The molecule has 0 unspecified atom stereocenters. The number of benzene rings is 3. The third-order valence-corrected chi connectivity index (χ3v) is 7.77. The molecular formula is C33H39F3O. The minimum Gasteiger partial charge on any atom is -0.490 e. The molecule has 4 heteroatoms. The molecule has 0 radical (unpaired) electrons. The van der Waals surface area contributed by atoms with Crippen LogP contribution >= 0.6 is 0 Å². The first kappa shape index (κ1) is 27.3. The van der Waals surface area contributed by atoms with Crippen LogP contribution in [0.15, 0.2) is 54.6 Å². The van der Waals surface area contributed by atoms with Crippen LogP contribution in [0.5, 0.6) is 5.75 Å². The van der Waals surface area contributed by atoms with Gasteiger partial charge in [0.1, 0.15) is 5.82 Å². The molecule has 37 heavy (non-hydrogen) atoms. The van der Waals surface area contributed by atoms with Gasteiger partial charge < -0.3 is 4.74 Å². The Balaban J connectivity index is 1.30. The molecule has 0 atom stereocenters. The molecule has 1 aliphatic carbocycles. The molecule has 0 spiro atoms. The van der Waals surface area contributed by atoms with Gasteiger partial charge in [0.05, 0.1) is 6.61 Å². The summed E-state index contributed by atoms with van der Waals surface area (Å²) in [4.78, 5) is 0. The van der Waals surface area contributed by atoms with E-state index in [4.69, 9.17) is 4.74 Å². The Morgan fingerprint density at radius 2 is 1.51 bits per heavy atom. The highest BCUT2D eigenvalue weighted by Crippen LogP contribution is 2.37. The summed E-state index contributed by atoms with van der Waals surface area (Å²) in [6, 6.07) is 16.5. The quantitative estimate of drug-likeness (QED) is 0.234. The van der Waals surface area contributed by atoms with Crippen molar-refractivity contribution in [2.75, 3.05) is 6.61 Å². The molecule has 0 aliphatic heterocycles. The highest BCUT2D eigenvalue weighted by atomic mass is 19.2. The van der Waals surface area contributed by atoms with Crippen molar-refractivity contribution in [1.82, 2.24) is 0 Å². The zero-order valence-corrected chi connectivity index (χ0v) is 22.2. The van der Waals surface area contributed by atoms with Gasteiger partial charge in [-0.05, 0) is 97.2 Å². The van der Waals surface area contributed by atoms with Crippen LogP contribution < -0.4 is 4.74 Å². The summed E-state index contributed by atoms with van der Waals surface area (Å²) < 4.78 is 50.0. The van der Waals surface area contributed by atoms with Gasteiger partial charge in [-0.3, -0.25) is 0 Å². The first-order chi connectivity index (χ1) is 18.0. The Labute approximate surface area is 220 Å². The van der Waals surface area contributed by atoms with Gasteiger partial charge in [0.15, 0.2) is 11.6 Å². The second-order valence-electron chi connectivity index (χ2n) is 10.5. The average molecular weight is 509 g/mol. The van der Waals surface area contributed by atoms with Crippen molar-refractivity contribution < 1.29 is 17.9 Å². The van der Waals surface area contributed by atoms with Crippen LogP contribution in [0.3, 0.4) is 0 Å². The number of hydrogen-bond donors (Lipinski definition) is 0. The van der Waals surface area contributed by atoms with Gasteiger partial charge in [0.2, 0.25) is 5.82 Å². The Morgan fingerprint density at radius 1 is 0.757 bits per heavy atom. The monoisotopic (exact) mass is 508 g/mol. The van der Waals surface area contributed by atoms with Crippen molar-refractivity contribution in [3.8, 4) is 16.9 Å². The molecule has 1 saturated carbocycles. The molecule has 4 rings (SSSR count). The lowest BCUT2D eigenvalue weighted by Crippen LogP contribution is -2.20. The van der Waals surface area contributed by atoms with Gasteiger partial charge in [-0.2, -0.15) is 4.39 Å². The third kappa shape index (κ3) is 6.97. The molecule has 3 aromatic carbocycles. The fourth-order valence-electron chi connectivity index (χ4n) is 5.46. The third-order valence-electron chi connectivity index (χ3n) is 7.77. The highest BCUT2D eigenvalue weighted by Gasteiger charge is 2.24. The Hall–Kier alpha value is -2.75. The summed E-state index contributed by atoms with van der Waals surface area (Å²) in [6.07, 6.45) is 9.85. The highest BCUT2D eigenvalue weighted by molar-refractivity contribution is 5.65. The van der Waals surface area contributed by atoms with E-state index in [0.717, 1.165) is 75.3 Å². The lowest BCUT2D eigenvalue weighted by Gasteiger charge is -2.29. The predicted octanol–water partition coefficient (Wildman–Crippen LogP) is 9.81. The second-order valence-corrected chi connectivity index (χ2v) is 10.5. The van der Waals surface area contributed by atoms with E-state index in [9.17, 15) is 13.2 Å². The van der Waals surface area contributed by atoms with Gasteiger partial charge >= 0.3 is 0 Å². The van der Waals surface area contributed by atoms with Gasteiger partial charge in [-0.15, -0.1) is 0 Å². The fraction of sp³-hybridized carbons (Fsp3) is 0.455. The van der Waals surface area contributed by atoms with E-state index in [1.165, 1.54) is 11.6 Å². The largest absolute Gasteiger partial charge is 0.490 e. The lowest BCUT2D eigenvalue weighted by molar-refractivity contribution is 0.192. The number of aryl methyl sites for hydroxylation is 2. The first-order valence-corrected chi connectivity index (χ1v) is 14.0. The van der Waals surface area contributed by atoms with E-state index in [0.29, 0.717) is 18.1 Å². The van der Waals surface area contributed by atoms with Crippen molar-refractivity contribution in [3.05, 3.63) is 88.7 Å². The second kappa shape index (κ2) is 13.2. The number of unbranched alkanes of at least 4 members (excludes halogenated alkanes) is 2. The Kier molecular flexibility index (Phi) is 9.71. The molecule has 198 valence electrons. The molecule has 1 nitrogen and oxygen atoms in total. The maximum atomic E-state index is 14.9. The topological polar surface area (TPSA) is 9.23 Å². The van der Waals surface area contributed by atoms with Crippen LogP contribution in [0.25, 0.3) is 11.1 Å². The van der Waals surface area contributed by atoms with Crippen LogP contribution in [-0.4, -0.2) is 6.61 Å². The summed E-state index contributed by atoms with van der Waals surface area (Å²) in [6.45, 7) is 4.63. The standard InChI is InChI=1S/C33H39F3O/c1-3-5-6-8-27-17-18-28(21-30(27)34)25-13-11-24(12-14-25)22-37-31-20-19-29(32(35)33(31)36)26-15-9-23(7-4-2)10-16-26/h9-10,15-21,24-25H,3-8,11-14,22H2,1-2H3. The van der Waals surface area contributed by atoms with E-state index in [1.807, 2.05) is 30.3 Å². The molecule has 0 heterocycles. The van der Waals surface area contributed by atoms with Crippen LogP contribution in [-0.2, 0) is 12.8 Å². The maximum absolute atomic E-state index is 14.9. The number of rotatable bonds is 11. The van der Waals surface area contributed by atoms with Gasteiger partial charge in [0.25, 0.3) is 0 Å². The van der Waals surface area contributed by atoms with Crippen molar-refractivity contribution >= 4 is 0 Å².